The maximum atomic E-state index is 5.21. The third-order valence-corrected chi connectivity index (χ3v) is 11.6. The van der Waals surface area contributed by atoms with Crippen LogP contribution in [0.4, 0.5) is 0 Å². The van der Waals surface area contributed by atoms with Crippen molar-refractivity contribution >= 4 is 75.9 Å². The summed E-state index contributed by atoms with van der Waals surface area (Å²) in [5.74, 6) is 0. The van der Waals surface area contributed by atoms with Crippen LogP contribution in [0.1, 0.15) is 0 Å². The molecule has 0 saturated carbocycles. The van der Waals surface area contributed by atoms with E-state index >= 15 is 0 Å². The molecule has 0 unspecified atom stereocenters. The molecule has 0 amide bonds. The van der Waals surface area contributed by atoms with Gasteiger partial charge in [0.2, 0.25) is 0 Å². The SMILES string of the molecule is c1ccc2c(-c3ccc4cc(-c5ccc6nc(-c7ccc8cc(-c9ccc%10ccc%11cccnc%11c%10n9)ccc8c7)ccc6c5)ccc4n3)c3ccccc3cc2c1. The van der Waals surface area contributed by atoms with Crippen LogP contribution in [0.5, 0.6) is 0 Å². The summed E-state index contributed by atoms with van der Waals surface area (Å²) in [6.45, 7) is 0. The normalized spacial score (nSPS) is 11.8. The van der Waals surface area contributed by atoms with Gasteiger partial charge in [0.15, 0.2) is 0 Å². The Morgan fingerprint density at radius 1 is 0.276 bits per heavy atom. The molecule has 8 aromatic carbocycles. The minimum absolute atomic E-state index is 0.927. The van der Waals surface area contributed by atoms with E-state index in [0.29, 0.717) is 0 Å². The smallest absolute Gasteiger partial charge is 0.0972 e. The van der Waals surface area contributed by atoms with E-state index in [1.54, 1.807) is 0 Å². The van der Waals surface area contributed by atoms with Crippen LogP contribution < -0.4 is 0 Å². The lowest BCUT2D eigenvalue weighted by molar-refractivity contribution is 1.37. The summed E-state index contributed by atoms with van der Waals surface area (Å²) >= 11 is 0. The molecule has 0 saturated heterocycles. The van der Waals surface area contributed by atoms with Gasteiger partial charge in [0, 0.05) is 44.4 Å². The van der Waals surface area contributed by atoms with Gasteiger partial charge in [-0.3, -0.25) is 4.98 Å². The molecule has 0 N–H and O–H groups in total. The molecule has 0 aliphatic rings. The second kappa shape index (κ2) is 12.9. The fourth-order valence-electron chi connectivity index (χ4n) is 8.65. The van der Waals surface area contributed by atoms with Crippen molar-refractivity contribution in [2.24, 2.45) is 0 Å². The number of hydrogen-bond donors (Lipinski definition) is 0. The largest absolute Gasteiger partial charge is 0.254 e. The van der Waals surface area contributed by atoms with Gasteiger partial charge in [0.1, 0.15) is 0 Å². The van der Waals surface area contributed by atoms with Crippen LogP contribution in [0, 0.1) is 0 Å². The van der Waals surface area contributed by atoms with Crippen LogP contribution in [-0.2, 0) is 0 Å². The number of nitrogens with zero attached hydrogens (tertiary/aromatic N) is 4. The molecule has 4 aromatic heterocycles. The molecule has 0 spiro atoms. The van der Waals surface area contributed by atoms with Crippen molar-refractivity contribution in [3.05, 3.63) is 194 Å². The quantitative estimate of drug-likeness (QED) is 0.133. The summed E-state index contributed by atoms with van der Waals surface area (Å²) in [4.78, 5) is 20.0. The van der Waals surface area contributed by atoms with Gasteiger partial charge in [-0.05, 0) is 110 Å². The molecule has 0 bridgehead atoms. The van der Waals surface area contributed by atoms with Gasteiger partial charge in [0.05, 0.1) is 39.1 Å². The molecular formula is C54H32N4. The van der Waals surface area contributed by atoms with E-state index in [1.807, 2.05) is 12.3 Å². The van der Waals surface area contributed by atoms with Crippen molar-refractivity contribution < 1.29 is 0 Å². The summed E-state index contributed by atoms with van der Waals surface area (Å²) in [6, 6.07) is 66.9. The van der Waals surface area contributed by atoms with E-state index in [-0.39, 0.29) is 0 Å². The molecule has 4 heteroatoms. The predicted molar refractivity (Wildman–Crippen MR) is 242 cm³/mol. The Hall–Kier alpha value is -7.82. The first-order valence-corrected chi connectivity index (χ1v) is 19.6. The average Bonchev–Trinajstić information content (AvgIpc) is 3.29. The first-order chi connectivity index (χ1) is 28.7. The molecular weight excluding hydrogens is 705 g/mol. The highest BCUT2D eigenvalue weighted by Gasteiger charge is 2.13. The lowest BCUT2D eigenvalue weighted by atomic mass is 9.94. The van der Waals surface area contributed by atoms with Crippen molar-refractivity contribution in [3.8, 4) is 44.9 Å². The molecule has 0 aliphatic carbocycles. The van der Waals surface area contributed by atoms with Gasteiger partial charge < -0.3 is 0 Å². The average molecular weight is 737 g/mol. The van der Waals surface area contributed by atoms with Gasteiger partial charge in [-0.1, -0.05) is 121 Å². The second-order valence-corrected chi connectivity index (χ2v) is 15.1. The van der Waals surface area contributed by atoms with Gasteiger partial charge >= 0.3 is 0 Å². The third kappa shape index (κ3) is 5.38. The van der Waals surface area contributed by atoms with E-state index in [9.17, 15) is 0 Å². The van der Waals surface area contributed by atoms with Crippen molar-refractivity contribution in [1.29, 1.82) is 0 Å². The predicted octanol–water partition coefficient (Wildman–Crippen LogP) is 14.0. The zero-order valence-corrected chi connectivity index (χ0v) is 31.3. The minimum atomic E-state index is 0.927. The second-order valence-electron chi connectivity index (χ2n) is 15.1. The Balaban J connectivity index is 0.838. The van der Waals surface area contributed by atoms with E-state index < -0.39 is 0 Å². The lowest BCUT2D eigenvalue weighted by Crippen LogP contribution is -1.90. The van der Waals surface area contributed by atoms with E-state index in [0.717, 1.165) is 93.7 Å². The number of hydrogen-bond acceptors (Lipinski definition) is 4. The molecule has 0 radical (unpaired) electrons. The molecule has 4 nitrogen and oxygen atoms in total. The third-order valence-electron chi connectivity index (χ3n) is 11.6. The Kier molecular flexibility index (Phi) is 7.20. The van der Waals surface area contributed by atoms with E-state index in [4.69, 9.17) is 15.0 Å². The summed E-state index contributed by atoms with van der Waals surface area (Å²) in [7, 11) is 0. The Labute approximate surface area is 333 Å². The van der Waals surface area contributed by atoms with Crippen molar-refractivity contribution in [2.45, 2.75) is 0 Å². The van der Waals surface area contributed by atoms with Gasteiger partial charge in [-0.25, -0.2) is 15.0 Å². The molecule has 0 fully saturated rings. The molecule has 0 atom stereocenters. The summed E-state index contributed by atoms with van der Waals surface area (Å²) in [6.07, 6.45) is 1.83. The maximum Gasteiger partial charge on any atom is 0.0972 e. The fourth-order valence-corrected chi connectivity index (χ4v) is 8.65. The molecule has 12 rings (SSSR count). The highest BCUT2D eigenvalue weighted by Crippen LogP contribution is 2.37. The van der Waals surface area contributed by atoms with Crippen LogP contribution in [0.2, 0.25) is 0 Å². The number of pyridine rings is 4. The summed E-state index contributed by atoms with van der Waals surface area (Å²) < 4.78 is 0. The minimum Gasteiger partial charge on any atom is -0.254 e. The Morgan fingerprint density at radius 2 is 0.741 bits per heavy atom. The summed E-state index contributed by atoms with van der Waals surface area (Å²) in [5, 5.41) is 11.6. The van der Waals surface area contributed by atoms with Gasteiger partial charge in [0.25, 0.3) is 0 Å². The van der Waals surface area contributed by atoms with Gasteiger partial charge in [-0.2, -0.15) is 0 Å². The van der Waals surface area contributed by atoms with Crippen LogP contribution in [0.25, 0.3) is 121 Å². The zero-order chi connectivity index (χ0) is 38.2. The van der Waals surface area contributed by atoms with Crippen LogP contribution in [0.3, 0.4) is 0 Å². The van der Waals surface area contributed by atoms with Crippen molar-refractivity contribution in [2.75, 3.05) is 0 Å². The first kappa shape index (κ1) is 32.4. The molecule has 268 valence electrons. The van der Waals surface area contributed by atoms with Gasteiger partial charge in [-0.15, -0.1) is 0 Å². The van der Waals surface area contributed by atoms with Crippen molar-refractivity contribution in [3.63, 3.8) is 0 Å². The number of aromatic nitrogens is 4. The zero-order valence-electron chi connectivity index (χ0n) is 31.3. The molecule has 58 heavy (non-hydrogen) atoms. The topological polar surface area (TPSA) is 51.6 Å². The lowest BCUT2D eigenvalue weighted by Gasteiger charge is -2.12. The first-order valence-electron chi connectivity index (χ1n) is 19.6. The Bertz CT molecular complexity index is 3590. The number of fused-ring (bicyclic) bond motifs is 8. The molecule has 4 heterocycles. The highest BCUT2D eigenvalue weighted by atomic mass is 14.8. The van der Waals surface area contributed by atoms with Crippen LogP contribution in [0.15, 0.2) is 194 Å². The van der Waals surface area contributed by atoms with E-state index in [1.165, 1.54) is 27.1 Å². The highest BCUT2D eigenvalue weighted by molar-refractivity contribution is 6.12. The maximum absolute atomic E-state index is 5.21. The van der Waals surface area contributed by atoms with Crippen LogP contribution >= 0.6 is 0 Å². The van der Waals surface area contributed by atoms with Crippen LogP contribution in [-0.4, -0.2) is 19.9 Å². The number of rotatable bonds is 4. The summed E-state index contributed by atoms with van der Waals surface area (Å²) in [5.41, 5.74) is 12.3. The Morgan fingerprint density at radius 3 is 1.40 bits per heavy atom. The monoisotopic (exact) mass is 736 g/mol. The standard InChI is InChI=1S/C54H32N4/c1-3-9-45-39(6-1)32-40-7-2-4-10-46(40)52(45)51-26-21-44-31-38(19-24-49(44)57-51)37-18-23-47-43(30-37)20-25-48(56-47)41-15-13-36-29-42(16-14-35(36)28-41)50-22-17-34-12-11-33-8-5-27-55-53(33)54(34)58-50/h1-32H. The molecule has 0 aliphatic heterocycles. The molecule has 12 aromatic rings. The fraction of sp³-hybridized carbons (Fsp3) is 0. The van der Waals surface area contributed by atoms with Crippen molar-refractivity contribution in [1.82, 2.24) is 19.9 Å². The van der Waals surface area contributed by atoms with E-state index in [2.05, 4.69) is 187 Å². The number of benzene rings is 8.